The molecular weight excluding hydrogens is 434 g/mol. The Bertz CT molecular complexity index is 1230. The highest BCUT2D eigenvalue weighted by atomic mass is 32.2. The lowest BCUT2D eigenvalue weighted by Crippen LogP contribution is -2.44. The lowest BCUT2D eigenvalue weighted by molar-refractivity contribution is 0.102. The Morgan fingerprint density at radius 3 is 2.33 bits per heavy atom. The number of likely N-dealkylation sites (N-methyl/N-ethyl adjacent to an activating group) is 1. The molecule has 6 nitrogen and oxygen atoms in total. The highest BCUT2D eigenvalue weighted by Gasteiger charge is 2.17. The van der Waals surface area contributed by atoms with Crippen molar-refractivity contribution in [1.29, 1.82) is 0 Å². The van der Waals surface area contributed by atoms with Crippen molar-refractivity contribution < 1.29 is 13.2 Å². The molecule has 1 saturated heterocycles. The van der Waals surface area contributed by atoms with Crippen LogP contribution in [0.3, 0.4) is 0 Å². The van der Waals surface area contributed by atoms with Gasteiger partial charge in [0.25, 0.3) is 5.91 Å². The van der Waals surface area contributed by atoms with E-state index in [2.05, 4.69) is 28.2 Å². The number of aryl methyl sites for hydroxylation is 1. The molecule has 1 amide bonds. The van der Waals surface area contributed by atoms with E-state index in [9.17, 15) is 13.2 Å². The van der Waals surface area contributed by atoms with Gasteiger partial charge in [-0.1, -0.05) is 30.3 Å². The first-order valence-electron chi connectivity index (χ1n) is 11.0. The standard InChI is InChI=1S/C26H29N3O3S/c1-20-17-23(29-15-13-28(2)14-16-29)11-12-25(20)27-26(30)22-8-6-7-21(18-22)19-33(31,32)24-9-4-3-5-10-24/h3-12,17-18H,13-16,19H2,1-2H3,(H,27,30). The lowest BCUT2D eigenvalue weighted by Gasteiger charge is -2.34. The van der Waals surface area contributed by atoms with E-state index in [1.165, 1.54) is 0 Å². The third kappa shape index (κ3) is 5.61. The van der Waals surface area contributed by atoms with Crippen LogP contribution in [0.25, 0.3) is 0 Å². The summed E-state index contributed by atoms with van der Waals surface area (Å²) >= 11 is 0. The topological polar surface area (TPSA) is 69.7 Å². The fourth-order valence-electron chi connectivity index (χ4n) is 3.98. The van der Waals surface area contributed by atoms with Gasteiger partial charge in [-0.25, -0.2) is 8.42 Å². The van der Waals surface area contributed by atoms with E-state index in [0.717, 1.165) is 43.1 Å². The zero-order valence-electron chi connectivity index (χ0n) is 19.0. The van der Waals surface area contributed by atoms with Crippen LogP contribution in [-0.2, 0) is 15.6 Å². The Kier molecular flexibility index (Phi) is 6.81. The summed E-state index contributed by atoms with van der Waals surface area (Å²) in [6.45, 7) is 6.03. The van der Waals surface area contributed by atoms with Crippen LogP contribution >= 0.6 is 0 Å². The number of rotatable bonds is 6. The minimum atomic E-state index is -3.48. The molecule has 1 N–H and O–H groups in total. The molecule has 172 valence electrons. The second kappa shape index (κ2) is 9.77. The van der Waals surface area contributed by atoms with Gasteiger partial charge in [0.2, 0.25) is 0 Å². The molecule has 0 spiro atoms. The maximum absolute atomic E-state index is 12.9. The number of nitrogens with zero attached hydrogens (tertiary/aromatic N) is 2. The monoisotopic (exact) mass is 463 g/mol. The molecule has 3 aromatic rings. The average molecular weight is 464 g/mol. The average Bonchev–Trinajstić information content (AvgIpc) is 2.81. The summed E-state index contributed by atoms with van der Waals surface area (Å²) in [6.07, 6.45) is 0. The maximum atomic E-state index is 12.9. The Morgan fingerprint density at radius 1 is 0.909 bits per heavy atom. The molecule has 1 fully saturated rings. The quantitative estimate of drug-likeness (QED) is 0.599. The van der Waals surface area contributed by atoms with Gasteiger partial charge in [-0.2, -0.15) is 0 Å². The van der Waals surface area contributed by atoms with Gasteiger partial charge < -0.3 is 15.1 Å². The number of anilines is 2. The molecule has 1 aliphatic rings. The molecule has 0 aliphatic carbocycles. The second-order valence-corrected chi connectivity index (χ2v) is 10.5. The largest absolute Gasteiger partial charge is 0.369 e. The van der Waals surface area contributed by atoms with E-state index < -0.39 is 9.84 Å². The van der Waals surface area contributed by atoms with Crippen molar-refractivity contribution in [3.05, 3.63) is 89.5 Å². The van der Waals surface area contributed by atoms with E-state index in [-0.39, 0.29) is 16.6 Å². The molecule has 0 atom stereocenters. The van der Waals surface area contributed by atoms with Crippen LogP contribution in [0, 0.1) is 6.92 Å². The number of nitrogens with one attached hydrogen (secondary N) is 1. The molecule has 33 heavy (non-hydrogen) atoms. The Balaban J connectivity index is 1.46. The number of sulfone groups is 1. The van der Waals surface area contributed by atoms with Gasteiger partial charge in [-0.3, -0.25) is 4.79 Å². The third-order valence-corrected chi connectivity index (χ3v) is 7.68. The highest BCUT2D eigenvalue weighted by Crippen LogP contribution is 2.24. The Morgan fingerprint density at radius 2 is 1.64 bits per heavy atom. The summed E-state index contributed by atoms with van der Waals surface area (Å²) in [5.74, 6) is -0.416. The molecule has 3 aromatic carbocycles. The smallest absolute Gasteiger partial charge is 0.255 e. The Hall–Kier alpha value is -3.16. The van der Waals surface area contributed by atoms with Crippen LogP contribution < -0.4 is 10.2 Å². The number of carbonyl (C=O) groups is 1. The van der Waals surface area contributed by atoms with Gasteiger partial charge in [-0.15, -0.1) is 0 Å². The molecule has 7 heteroatoms. The zero-order chi connectivity index (χ0) is 23.4. The number of hydrogen-bond donors (Lipinski definition) is 1. The van der Waals surface area contributed by atoms with Gasteiger partial charge in [0, 0.05) is 43.1 Å². The van der Waals surface area contributed by atoms with E-state index >= 15 is 0 Å². The minimum Gasteiger partial charge on any atom is -0.369 e. The van der Waals surface area contributed by atoms with Crippen LogP contribution in [0.5, 0.6) is 0 Å². The van der Waals surface area contributed by atoms with E-state index in [0.29, 0.717) is 11.1 Å². The number of amides is 1. The van der Waals surface area contributed by atoms with Crippen LogP contribution in [0.4, 0.5) is 11.4 Å². The predicted octanol–water partition coefficient (Wildman–Crippen LogP) is 3.97. The number of hydrogen-bond acceptors (Lipinski definition) is 5. The lowest BCUT2D eigenvalue weighted by atomic mass is 10.1. The predicted molar refractivity (Wildman–Crippen MR) is 133 cm³/mol. The molecule has 0 saturated carbocycles. The van der Waals surface area contributed by atoms with Gasteiger partial charge >= 0.3 is 0 Å². The fraction of sp³-hybridized carbons (Fsp3) is 0.269. The Labute approximate surface area is 195 Å². The van der Waals surface area contributed by atoms with Crippen molar-refractivity contribution in [2.24, 2.45) is 0 Å². The molecular formula is C26H29N3O3S. The summed E-state index contributed by atoms with van der Waals surface area (Å²) in [5, 5.41) is 2.97. The van der Waals surface area contributed by atoms with Crippen molar-refractivity contribution in [2.45, 2.75) is 17.6 Å². The summed E-state index contributed by atoms with van der Waals surface area (Å²) < 4.78 is 25.4. The summed E-state index contributed by atoms with van der Waals surface area (Å²) in [4.78, 5) is 17.8. The summed E-state index contributed by atoms with van der Waals surface area (Å²) in [6, 6.07) is 21.2. The number of carbonyl (C=O) groups excluding carboxylic acids is 1. The van der Waals surface area contributed by atoms with Crippen LogP contribution in [0.15, 0.2) is 77.7 Å². The van der Waals surface area contributed by atoms with Gasteiger partial charge in [-0.05, 0) is 67.6 Å². The second-order valence-electron chi connectivity index (χ2n) is 8.52. The molecule has 1 aliphatic heterocycles. The number of benzene rings is 3. The summed E-state index contributed by atoms with van der Waals surface area (Å²) in [5.41, 5.74) is 3.90. The maximum Gasteiger partial charge on any atom is 0.255 e. The fourth-order valence-corrected chi connectivity index (χ4v) is 5.33. The first-order chi connectivity index (χ1) is 15.8. The van der Waals surface area contributed by atoms with Crippen molar-refractivity contribution in [1.82, 2.24) is 4.90 Å². The summed E-state index contributed by atoms with van der Waals surface area (Å²) in [7, 11) is -1.35. The molecule has 1 heterocycles. The van der Waals surface area contributed by atoms with Crippen LogP contribution in [0.1, 0.15) is 21.5 Å². The van der Waals surface area contributed by atoms with Crippen LogP contribution in [-0.4, -0.2) is 52.5 Å². The van der Waals surface area contributed by atoms with Crippen LogP contribution in [0.2, 0.25) is 0 Å². The molecule has 0 unspecified atom stereocenters. The highest BCUT2D eigenvalue weighted by molar-refractivity contribution is 7.90. The van der Waals surface area contributed by atoms with E-state index in [4.69, 9.17) is 0 Å². The molecule has 0 radical (unpaired) electrons. The normalized spacial score (nSPS) is 14.8. The van der Waals surface area contributed by atoms with E-state index in [1.54, 1.807) is 54.6 Å². The van der Waals surface area contributed by atoms with Crippen molar-refractivity contribution in [3.63, 3.8) is 0 Å². The van der Waals surface area contributed by atoms with Gasteiger partial charge in [0.05, 0.1) is 10.6 Å². The molecule has 0 bridgehead atoms. The van der Waals surface area contributed by atoms with Crippen molar-refractivity contribution in [2.75, 3.05) is 43.4 Å². The van der Waals surface area contributed by atoms with Gasteiger partial charge in [0.1, 0.15) is 0 Å². The first-order valence-corrected chi connectivity index (χ1v) is 12.7. The van der Waals surface area contributed by atoms with E-state index in [1.807, 2.05) is 19.1 Å². The third-order valence-electron chi connectivity index (χ3n) is 5.97. The SMILES string of the molecule is Cc1cc(N2CCN(C)CC2)ccc1NC(=O)c1cccc(CS(=O)(=O)c2ccccc2)c1. The van der Waals surface area contributed by atoms with Crippen molar-refractivity contribution >= 4 is 27.1 Å². The minimum absolute atomic E-state index is 0.156. The first kappa shape index (κ1) is 23.0. The molecule has 0 aromatic heterocycles. The molecule has 4 rings (SSSR count). The van der Waals surface area contributed by atoms with Crippen molar-refractivity contribution in [3.8, 4) is 0 Å². The van der Waals surface area contributed by atoms with Gasteiger partial charge in [0.15, 0.2) is 9.84 Å². The number of piperazine rings is 1. The zero-order valence-corrected chi connectivity index (χ0v) is 19.8.